The molecule has 0 spiro atoms. The summed E-state index contributed by atoms with van der Waals surface area (Å²) in [6.07, 6.45) is 1.55. The van der Waals surface area contributed by atoms with Crippen LogP contribution >= 0.6 is 0 Å². The largest absolute Gasteiger partial charge is 0.508 e. The average Bonchev–Trinajstić information content (AvgIpc) is 2.88. The fourth-order valence-corrected chi connectivity index (χ4v) is 1.72. The van der Waals surface area contributed by atoms with E-state index in [1.165, 1.54) is 0 Å². The van der Waals surface area contributed by atoms with E-state index in [4.69, 9.17) is 15.0 Å². The zero-order valence-corrected chi connectivity index (χ0v) is 10.7. The Morgan fingerprint density at radius 1 is 1.47 bits per heavy atom. The number of phenolic OH excluding ortho intramolecular Hbond substituents is 1. The van der Waals surface area contributed by atoms with Crippen molar-refractivity contribution < 1.29 is 14.4 Å². The minimum Gasteiger partial charge on any atom is -0.508 e. The highest BCUT2D eigenvalue weighted by Gasteiger charge is 2.15. The molecule has 0 saturated carbocycles. The van der Waals surface area contributed by atoms with Gasteiger partial charge in [0.25, 0.3) is 0 Å². The lowest BCUT2D eigenvalue weighted by molar-refractivity contribution is 0.188. The monoisotopic (exact) mass is 263 g/mol. The number of hydrogen-bond donors (Lipinski definition) is 2. The Bertz CT molecular complexity index is 527. The first-order chi connectivity index (χ1) is 9.20. The molecule has 6 nitrogen and oxygen atoms in total. The van der Waals surface area contributed by atoms with Crippen molar-refractivity contribution in [2.45, 2.75) is 18.9 Å². The van der Waals surface area contributed by atoms with E-state index < -0.39 is 0 Å². The quantitative estimate of drug-likeness (QED) is 0.772. The summed E-state index contributed by atoms with van der Waals surface area (Å²) in [7, 11) is 1.65. The lowest BCUT2D eigenvalue weighted by Crippen LogP contribution is -2.11. The Labute approximate surface area is 111 Å². The first kappa shape index (κ1) is 13.5. The van der Waals surface area contributed by atoms with Crippen LogP contribution in [-0.2, 0) is 4.74 Å². The van der Waals surface area contributed by atoms with Gasteiger partial charge in [-0.3, -0.25) is 0 Å². The zero-order chi connectivity index (χ0) is 13.7. The Hall–Kier alpha value is -1.92. The molecule has 0 amide bonds. The number of benzene rings is 1. The van der Waals surface area contributed by atoms with Crippen LogP contribution < -0.4 is 5.73 Å². The van der Waals surface area contributed by atoms with E-state index in [2.05, 4.69) is 10.1 Å². The average molecular weight is 263 g/mol. The normalized spacial score (nSPS) is 12.5. The van der Waals surface area contributed by atoms with Crippen LogP contribution in [0.5, 0.6) is 5.75 Å². The predicted molar refractivity (Wildman–Crippen MR) is 69.4 cm³/mol. The predicted octanol–water partition coefficient (Wildman–Crippen LogP) is 1.87. The summed E-state index contributed by atoms with van der Waals surface area (Å²) in [6.45, 7) is 0.654. The van der Waals surface area contributed by atoms with Crippen molar-refractivity contribution in [3.05, 3.63) is 30.2 Å². The van der Waals surface area contributed by atoms with Crippen LogP contribution in [0.1, 0.15) is 24.8 Å². The van der Waals surface area contributed by atoms with E-state index in [0.29, 0.717) is 23.9 Å². The summed E-state index contributed by atoms with van der Waals surface area (Å²) >= 11 is 0. The highest BCUT2D eigenvalue weighted by atomic mass is 16.5. The Morgan fingerprint density at radius 3 is 3.05 bits per heavy atom. The minimum atomic E-state index is -0.297. The van der Waals surface area contributed by atoms with Crippen LogP contribution in [0.25, 0.3) is 11.4 Å². The van der Waals surface area contributed by atoms with E-state index in [0.717, 1.165) is 12.8 Å². The van der Waals surface area contributed by atoms with Crippen molar-refractivity contribution in [1.29, 1.82) is 0 Å². The molecule has 1 aromatic carbocycles. The maximum Gasteiger partial charge on any atom is 0.243 e. The molecule has 0 fully saturated rings. The van der Waals surface area contributed by atoms with Gasteiger partial charge in [0.15, 0.2) is 0 Å². The lowest BCUT2D eigenvalue weighted by atomic mass is 10.1. The van der Waals surface area contributed by atoms with Gasteiger partial charge >= 0.3 is 0 Å². The highest BCUT2D eigenvalue weighted by molar-refractivity contribution is 5.56. The van der Waals surface area contributed by atoms with Gasteiger partial charge < -0.3 is 20.1 Å². The summed E-state index contributed by atoms with van der Waals surface area (Å²) in [5.74, 6) is 0.982. The van der Waals surface area contributed by atoms with E-state index >= 15 is 0 Å². The van der Waals surface area contributed by atoms with Crippen molar-refractivity contribution in [2.24, 2.45) is 5.73 Å². The third-order valence-electron chi connectivity index (χ3n) is 2.73. The molecule has 1 aromatic heterocycles. The van der Waals surface area contributed by atoms with Crippen LogP contribution in [0, 0.1) is 0 Å². The number of nitrogens with two attached hydrogens (primary N) is 1. The number of aromatic nitrogens is 2. The molecule has 0 aliphatic rings. The van der Waals surface area contributed by atoms with Crippen molar-refractivity contribution in [3.8, 4) is 17.1 Å². The van der Waals surface area contributed by atoms with Gasteiger partial charge in [0.2, 0.25) is 11.7 Å². The van der Waals surface area contributed by atoms with Gasteiger partial charge in [0.1, 0.15) is 5.75 Å². The molecule has 1 heterocycles. The molecule has 3 N–H and O–H groups in total. The number of ether oxygens (including phenoxy) is 1. The summed E-state index contributed by atoms with van der Waals surface area (Å²) in [6, 6.07) is 6.38. The molecule has 0 saturated heterocycles. The number of aromatic hydroxyl groups is 1. The van der Waals surface area contributed by atoms with Gasteiger partial charge in [-0.2, -0.15) is 4.98 Å². The van der Waals surface area contributed by atoms with Gasteiger partial charge in [-0.1, -0.05) is 17.3 Å². The number of nitrogens with zero attached hydrogens (tertiary/aromatic N) is 2. The van der Waals surface area contributed by atoms with Crippen LogP contribution in [0.3, 0.4) is 0 Å². The molecule has 1 atom stereocenters. The van der Waals surface area contributed by atoms with Gasteiger partial charge in [0, 0.05) is 19.3 Å². The second kappa shape index (κ2) is 6.31. The number of rotatable bonds is 6. The first-order valence-electron chi connectivity index (χ1n) is 6.08. The second-order valence-corrected chi connectivity index (χ2v) is 4.25. The zero-order valence-electron chi connectivity index (χ0n) is 10.7. The van der Waals surface area contributed by atoms with E-state index in [1.54, 1.807) is 31.4 Å². The summed E-state index contributed by atoms with van der Waals surface area (Å²) in [5.41, 5.74) is 6.65. The third kappa shape index (κ3) is 3.52. The summed E-state index contributed by atoms with van der Waals surface area (Å²) < 4.78 is 10.1. The highest BCUT2D eigenvalue weighted by Crippen LogP contribution is 2.22. The fourth-order valence-electron chi connectivity index (χ4n) is 1.72. The van der Waals surface area contributed by atoms with Gasteiger partial charge in [0.05, 0.1) is 6.04 Å². The van der Waals surface area contributed by atoms with Crippen molar-refractivity contribution in [1.82, 2.24) is 10.1 Å². The molecule has 0 aliphatic carbocycles. The Morgan fingerprint density at radius 2 is 2.32 bits per heavy atom. The van der Waals surface area contributed by atoms with E-state index in [-0.39, 0.29) is 11.8 Å². The fraction of sp³-hybridized carbons (Fsp3) is 0.385. The second-order valence-electron chi connectivity index (χ2n) is 4.25. The van der Waals surface area contributed by atoms with Crippen molar-refractivity contribution in [2.75, 3.05) is 13.7 Å². The molecule has 6 heteroatoms. The molecular formula is C13H17N3O3. The van der Waals surface area contributed by atoms with Crippen LogP contribution in [0.2, 0.25) is 0 Å². The van der Waals surface area contributed by atoms with Gasteiger partial charge in [-0.25, -0.2) is 0 Å². The van der Waals surface area contributed by atoms with Crippen LogP contribution in [0.15, 0.2) is 28.8 Å². The molecule has 102 valence electrons. The summed E-state index contributed by atoms with van der Waals surface area (Å²) in [5, 5.41) is 13.3. The van der Waals surface area contributed by atoms with Gasteiger partial charge in [-0.15, -0.1) is 0 Å². The number of hydrogen-bond acceptors (Lipinski definition) is 6. The first-order valence-corrected chi connectivity index (χ1v) is 6.08. The minimum absolute atomic E-state index is 0.160. The SMILES string of the molecule is COCCCC(N)c1nc(-c2cccc(O)c2)no1. The summed E-state index contributed by atoms with van der Waals surface area (Å²) in [4.78, 5) is 4.25. The molecule has 19 heavy (non-hydrogen) atoms. The molecule has 2 rings (SSSR count). The lowest BCUT2D eigenvalue weighted by Gasteiger charge is -2.04. The van der Waals surface area contributed by atoms with Crippen LogP contribution in [0.4, 0.5) is 0 Å². The van der Waals surface area contributed by atoms with Crippen molar-refractivity contribution >= 4 is 0 Å². The Balaban J connectivity index is 2.06. The maximum atomic E-state index is 9.41. The molecule has 2 aromatic rings. The molecule has 0 bridgehead atoms. The van der Waals surface area contributed by atoms with E-state index in [1.807, 2.05) is 0 Å². The smallest absolute Gasteiger partial charge is 0.243 e. The molecular weight excluding hydrogens is 246 g/mol. The van der Waals surface area contributed by atoms with Crippen molar-refractivity contribution in [3.63, 3.8) is 0 Å². The van der Waals surface area contributed by atoms with Gasteiger partial charge in [-0.05, 0) is 25.0 Å². The molecule has 1 unspecified atom stereocenters. The topological polar surface area (TPSA) is 94.4 Å². The van der Waals surface area contributed by atoms with Crippen LogP contribution in [-0.4, -0.2) is 29.0 Å². The molecule has 0 aliphatic heterocycles. The molecule has 0 radical (unpaired) electrons. The third-order valence-corrected chi connectivity index (χ3v) is 2.73. The number of methoxy groups -OCH3 is 1. The standard InChI is InChI=1S/C13H17N3O3/c1-18-7-3-6-11(14)13-15-12(16-19-13)9-4-2-5-10(17)8-9/h2,4-5,8,11,17H,3,6-7,14H2,1H3. The Kier molecular flexibility index (Phi) is 4.48. The van der Waals surface area contributed by atoms with E-state index in [9.17, 15) is 5.11 Å². The maximum absolute atomic E-state index is 9.41. The number of phenols is 1.